The molecule has 0 aromatic carbocycles. The Labute approximate surface area is 118 Å². The number of hydrogen-bond donors (Lipinski definition) is 1. The van der Waals surface area contributed by atoms with Gasteiger partial charge in [-0.15, -0.1) is 11.3 Å². The van der Waals surface area contributed by atoms with Gasteiger partial charge in [-0.05, 0) is 56.6 Å². The maximum absolute atomic E-state index is 12.6. The maximum atomic E-state index is 12.6. The lowest BCUT2D eigenvalue weighted by molar-refractivity contribution is 0.0530. The number of aryl methyl sites for hydroxylation is 2. The van der Waals surface area contributed by atoms with Gasteiger partial charge in [0, 0.05) is 17.5 Å². The van der Waals surface area contributed by atoms with Crippen LogP contribution in [0.1, 0.15) is 52.2 Å². The van der Waals surface area contributed by atoms with Crippen LogP contribution in [0.25, 0.3) is 0 Å². The van der Waals surface area contributed by atoms with E-state index in [1.54, 1.807) is 11.3 Å². The lowest BCUT2D eigenvalue weighted by Crippen LogP contribution is -2.45. The van der Waals surface area contributed by atoms with Crippen LogP contribution in [-0.4, -0.2) is 35.1 Å². The summed E-state index contributed by atoms with van der Waals surface area (Å²) in [5.41, 5.74) is 1.39. The van der Waals surface area contributed by atoms with E-state index >= 15 is 0 Å². The molecule has 2 aliphatic rings. The van der Waals surface area contributed by atoms with Gasteiger partial charge in [0.25, 0.3) is 5.91 Å². The molecule has 1 aromatic heterocycles. The van der Waals surface area contributed by atoms with Gasteiger partial charge < -0.3 is 10.0 Å². The van der Waals surface area contributed by atoms with Crippen LogP contribution in [0, 0.1) is 0 Å². The van der Waals surface area contributed by atoms with Gasteiger partial charge in [0.2, 0.25) is 0 Å². The summed E-state index contributed by atoms with van der Waals surface area (Å²) >= 11 is 1.68. The van der Waals surface area contributed by atoms with E-state index in [0.29, 0.717) is 12.6 Å². The van der Waals surface area contributed by atoms with E-state index in [1.807, 2.05) is 4.90 Å². The van der Waals surface area contributed by atoms with Gasteiger partial charge in [-0.25, -0.2) is 0 Å². The van der Waals surface area contributed by atoms with Crippen molar-refractivity contribution in [3.63, 3.8) is 0 Å². The van der Waals surface area contributed by atoms with Gasteiger partial charge in [-0.3, -0.25) is 4.79 Å². The van der Waals surface area contributed by atoms with Crippen LogP contribution >= 0.6 is 11.3 Å². The quantitative estimate of drug-likeness (QED) is 0.920. The molecule has 0 saturated heterocycles. The molecule has 0 aliphatic heterocycles. The molecule has 4 heteroatoms. The van der Waals surface area contributed by atoms with Crippen LogP contribution in [-0.2, 0) is 12.8 Å². The van der Waals surface area contributed by atoms with Crippen LogP contribution in [0.5, 0.6) is 0 Å². The number of amides is 1. The average Bonchev–Trinajstić information content (AvgIpc) is 2.79. The number of aliphatic hydroxyl groups excluding tert-OH is 1. The number of carbonyl (C=O) groups is 1. The van der Waals surface area contributed by atoms with E-state index < -0.39 is 0 Å². The molecule has 1 amide bonds. The molecule has 3 rings (SSSR count). The van der Waals surface area contributed by atoms with Crippen molar-refractivity contribution in [1.82, 2.24) is 4.90 Å². The van der Waals surface area contributed by atoms with Crippen molar-refractivity contribution in [3.8, 4) is 0 Å². The summed E-state index contributed by atoms with van der Waals surface area (Å²) in [4.78, 5) is 16.8. The van der Waals surface area contributed by atoms with E-state index in [1.165, 1.54) is 29.7 Å². The van der Waals surface area contributed by atoms with E-state index in [0.717, 1.165) is 30.6 Å². The Morgan fingerprint density at radius 3 is 2.74 bits per heavy atom. The molecule has 1 saturated carbocycles. The van der Waals surface area contributed by atoms with Crippen LogP contribution in [0.4, 0.5) is 0 Å². The molecule has 0 unspecified atom stereocenters. The first-order chi connectivity index (χ1) is 9.29. The van der Waals surface area contributed by atoms with Gasteiger partial charge in [0.15, 0.2) is 0 Å². The van der Waals surface area contributed by atoms with Gasteiger partial charge in [0.1, 0.15) is 0 Å². The van der Waals surface area contributed by atoms with Crippen LogP contribution in [0.15, 0.2) is 6.07 Å². The fraction of sp³-hybridized carbons (Fsp3) is 0.667. The van der Waals surface area contributed by atoms with Crippen molar-refractivity contribution >= 4 is 17.2 Å². The summed E-state index contributed by atoms with van der Waals surface area (Å²) in [7, 11) is 0. The zero-order valence-corrected chi connectivity index (χ0v) is 12.0. The molecule has 104 valence electrons. The normalized spacial score (nSPS) is 18.8. The van der Waals surface area contributed by atoms with E-state index in [2.05, 4.69) is 6.07 Å². The maximum Gasteiger partial charge on any atom is 0.264 e. The number of nitrogens with zero attached hydrogens (tertiary/aromatic N) is 1. The molecule has 1 fully saturated rings. The second-order valence-corrected chi connectivity index (χ2v) is 6.71. The fourth-order valence-corrected chi connectivity index (χ4v) is 4.20. The van der Waals surface area contributed by atoms with Crippen molar-refractivity contribution in [2.45, 2.75) is 51.0 Å². The Kier molecular flexibility index (Phi) is 3.89. The number of fused-ring (bicyclic) bond motifs is 1. The van der Waals surface area contributed by atoms with Gasteiger partial charge in [-0.1, -0.05) is 0 Å². The zero-order valence-electron chi connectivity index (χ0n) is 11.2. The van der Waals surface area contributed by atoms with Gasteiger partial charge in [-0.2, -0.15) is 0 Å². The van der Waals surface area contributed by atoms with Crippen molar-refractivity contribution in [2.75, 3.05) is 13.2 Å². The number of rotatable bonds is 4. The molecule has 3 nitrogen and oxygen atoms in total. The summed E-state index contributed by atoms with van der Waals surface area (Å²) in [6.07, 6.45) is 8.16. The first-order valence-electron chi connectivity index (χ1n) is 7.33. The average molecular weight is 279 g/mol. The Morgan fingerprint density at radius 2 is 2.11 bits per heavy atom. The monoisotopic (exact) mass is 279 g/mol. The Balaban J connectivity index is 1.78. The number of thiophene rings is 1. The number of hydrogen-bond acceptors (Lipinski definition) is 3. The van der Waals surface area contributed by atoms with E-state index in [4.69, 9.17) is 0 Å². The summed E-state index contributed by atoms with van der Waals surface area (Å²) in [6.45, 7) is 0.541. The first-order valence-corrected chi connectivity index (χ1v) is 8.14. The molecule has 0 atom stereocenters. The largest absolute Gasteiger partial charge is 0.395 e. The van der Waals surface area contributed by atoms with Crippen molar-refractivity contribution < 1.29 is 9.90 Å². The number of carbonyl (C=O) groups excluding carboxylic acids is 1. The standard InChI is InChI=1S/C15H21NO2S/c17-9-8-16(12-5-3-6-12)15(18)14-10-11-4-1-2-7-13(11)19-14/h10,12,17H,1-9H2. The second-order valence-electron chi connectivity index (χ2n) is 5.57. The lowest BCUT2D eigenvalue weighted by atomic mass is 9.91. The summed E-state index contributed by atoms with van der Waals surface area (Å²) in [6, 6.07) is 2.46. The Bertz CT molecular complexity index is 441. The molecule has 0 radical (unpaired) electrons. The third-order valence-electron chi connectivity index (χ3n) is 4.32. The molecule has 2 aliphatic carbocycles. The molecular weight excluding hydrogens is 258 g/mol. The topological polar surface area (TPSA) is 40.5 Å². The molecule has 19 heavy (non-hydrogen) atoms. The lowest BCUT2D eigenvalue weighted by Gasteiger charge is -2.37. The highest BCUT2D eigenvalue weighted by Gasteiger charge is 2.30. The molecule has 1 heterocycles. The Morgan fingerprint density at radius 1 is 1.32 bits per heavy atom. The van der Waals surface area contributed by atoms with Crippen LogP contribution in [0.3, 0.4) is 0 Å². The molecule has 1 aromatic rings. The smallest absolute Gasteiger partial charge is 0.264 e. The summed E-state index contributed by atoms with van der Waals surface area (Å²) in [5, 5.41) is 9.17. The minimum absolute atomic E-state index is 0.0628. The van der Waals surface area contributed by atoms with Crippen LogP contribution < -0.4 is 0 Å². The van der Waals surface area contributed by atoms with Crippen molar-refractivity contribution in [1.29, 1.82) is 0 Å². The minimum atomic E-state index is 0.0628. The van der Waals surface area contributed by atoms with E-state index in [9.17, 15) is 9.90 Å². The third-order valence-corrected chi connectivity index (χ3v) is 5.55. The molecular formula is C15H21NO2S. The first kappa shape index (κ1) is 13.1. The fourth-order valence-electron chi connectivity index (χ4n) is 2.99. The van der Waals surface area contributed by atoms with Gasteiger partial charge in [0.05, 0.1) is 11.5 Å². The molecule has 0 bridgehead atoms. The second kappa shape index (κ2) is 5.63. The highest BCUT2D eigenvalue weighted by atomic mass is 32.1. The van der Waals surface area contributed by atoms with Crippen LogP contribution in [0.2, 0.25) is 0 Å². The van der Waals surface area contributed by atoms with E-state index in [-0.39, 0.29) is 12.5 Å². The third kappa shape index (κ3) is 2.56. The zero-order chi connectivity index (χ0) is 13.2. The number of aliphatic hydroxyl groups is 1. The minimum Gasteiger partial charge on any atom is -0.395 e. The van der Waals surface area contributed by atoms with Crippen molar-refractivity contribution in [3.05, 3.63) is 21.4 Å². The summed E-state index contributed by atoms with van der Waals surface area (Å²) in [5.74, 6) is 0.137. The highest BCUT2D eigenvalue weighted by Crippen LogP contribution is 2.32. The van der Waals surface area contributed by atoms with Crippen molar-refractivity contribution in [2.24, 2.45) is 0 Å². The highest BCUT2D eigenvalue weighted by molar-refractivity contribution is 7.14. The summed E-state index contributed by atoms with van der Waals surface area (Å²) < 4.78 is 0. The predicted molar refractivity (Wildman–Crippen MR) is 76.7 cm³/mol. The molecule has 0 spiro atoms. The SMILES string of the molecule is O=C(c1cc2c(s1)CCCC2)N(CCO)C1CCC1. The van der Waals surface area contributed by atoms with Gasteiger partial charge >= 0.3 is 0 Å². The molecule has 1 N–H and O–H groups in total. The predicted octanol–water partition coefficient (Wildman–Crippen LogP) is 2.61. The Hall–Kier alpha value is -0.870.